The van der Waals surface area contributed by atoms with Gasteiger partial charge in [-0.25, -0.2) is 0 Å². The number of aromatic amines is 1. The lowest BCUT2D eigenvalue weighted by Crippen LogP contribution is -2.11. The lowest BCUT2D eigenvalue weighted by Gasteiger charge is -2.14. The van der Waals surface area contributed by atoms with Crippen LogP contribution in [0.15, 0.2) is 42.5 Å². The molecule has 0 saturated heterocycles. The van der Waals surface area contributed by atoms with E-state index in [-0.39, 0.29) is 42.7 Å². The minimum Gasteiger partial charge on any atom is -0.354 e. The Morgan fingerprint density at radius 2 is 0.857 bits per heavy atom. The summed E-state index contributed by atoms with van der Waals surface area (Å²) in [5.74, 6) is 0. The maximum absolute atomic E-state index is 13.2. The van der Waals surface area contributed by atoms with Crippen LogP contribution in [0, 0.1) is 0 Å². The number of halogens is 12. The Morgan fingerprint density at radius 1 is 0.514 bits per heavy atom. The topological polar surface area (TPSA) is 32.9 Å². The summed E-state index contributed by atoms with van der Waals surface area (Å²) in [7, 11) is 0. The molecule has 0 spiro atoms. The molecule has 0 saturated carbocycles. The van der Waals surface area contributed by atoms with Gasteiger partial charge in [0.15, 0.2) is 6.29 Å². The van der Waals surface area contributed by atoms with Crippen molar-refractivity contribution < 1.29 is 57.5 Å². The number of H-pyrrole nitrogens is 1. The highest BCUT2D eigenvalue weighted by atomic mass is 19.4. The average molecular weight is 519 g/mol. The van der Waals surface area contributed by atoms with E-state index in [2.05, 4.69) is 4.98 Å². The number of hydrogen-bond acceptors (Lipinski definition) is 1. The van der Waals surface area contributed by atoms with Crippen molar-refractivity contribution in [2.24, 2.45) is 0 Å². The van der Waals surface area contributed by atoms with Crippen LogP contribution in [0.1, 0.15) is 32.6 Å². The smallest absolute Gasteiger partial charge is 0.354 e. The maximum atomic E-state index is 13.2. The number of rotatable bonds is 3. The van der Waals surface area contributed by atoms with Crippen LogP contribution in [0.25, 0.3) is 22.5 Å². The largest absolute Gasteiger partial charge is 0.416 e. The zero-order chi connectivity index (χ0) is 26.6. The third-order valence-electron chi connectivity index (χ3n) is 4.75. The van der Waals surface area contributed by atoms with Gasteiger partial charge in [-0.1, -0.05) is 0 Å². The van der Waals surface area contributed by atoms with Crippen LogP contribution >= 0.6 is 0 Å². The fourth-order valence-corrected chi connectivity index (χ4v) is 3.17. The summed E-state index contributed by atoms with van der Waals surface area (Å²) in [6.07, 6.45) is -20.9. The van der Waals surface area contributed by atoms with Crippen molar-refractivity contribution in [3.05, 3.63) is 70.3 Å². The molecule has 0 aliphatic carbocycles. The Kier molecular flexibility index (Phi) is 6.23. The van der Waals surface area contributed by atoms with E-state index in [4.69, 9.17) is 0 Å². The standard InChI is InChI=1S/C21H9F12NO/c22-18(23,24)12-1-9(2-13(6-12)19(25,26)27)16-5-11(8-35)17(34-16)10-3-14(20(28,29)30)7-15(4-10)21(31,32)33/h1-8,34H. The van der Waals surface area contributed by atoms with Crippen molar-refractivity contribution in [3.8, 4) is 22.5 Å². The van der Waals surface area contributed by atoms with E-state index in [0.717, 1.165) is 0 Å². The van der Waals surface area contributed by atoms with Crippen molar-refractivity contribution in [3.63, 3.8) is 0 Å². The highest BCUT2D eigenvalue weighted by molar-refractivity contribution is 5.89. The second-order valence-corrected chi connectivity index (χ2v) is 7.22. The van der Waals surface area contributed by atoms with Gasteiger partial charge in [-0.3, -0.25) is 4.79 Å². The molecular weight excluding hydrogens is 510 g/mol. The van der Waals surface area contributed by atoms with Gasteiger partial charge in [0.1, 0.15) is 0 Å². The van der Waals surface area contributed by atoms with Crippen LogP contribution < -0.4 is 0 Å². The number of aldehydes is 1. The molecule has 0 fully saturated rings. The minimum absolute atomic E-state index is 0.0267. The Balaban J connectivity index is 2.27. The van der Waals surface area contributed by atoms with Gasteiger partial charge in [0, 0.05) is 11.3 Å². The first-order valence-corrected chi connectivity index (χ1v) is 9.08. The van der Waals surface area contributed by atoms with E-state index < -0.39 is 75.0 Å². The molecule has 0 aliphatic rings. The molecule has 0 aliphatic heterocycles. The average Bonchev–Trinajstić information content (AvgIpc) is 3.15. The predicted octanol–water partition coefficient (Wildman–Crippen LogP) is 8.24. The third kappa shape index (κ3) is 5.62. The molecule has 188 valence electrons. The van der Waals surface area contributed by atoms with Gasteiger partial charge in [-0.2, -0.15) is 52.7 Å². The van der Waals surface area contributed by atoms with Crippen LogP contribution in [0.2, 0.25) is 0 Å². The van der Waals surface area contributed by atoms with E-state index in [0.29, 0.717) is 6.07 Å². The fraction of sp³-hybridized carbons (Fsp3) is 0.190. The zero-order valence-corrected chi connectivity index (χ0v) is 16.6. The number of aromatic nitrogens is 1. The fourth-order valence-electron chi connectivity index (χ4n) is 3.17. The van der Waals surface area contributed by atoms with Crippen molar-refractivity contribution >= 4 is 6.29 Å². The first kappa shape index (κ1) is 26.2. The van der Waals surface area contributed by atoms with Gasteiger partial charge in [0.05, 0.1) is 27.9 Å². The molecule has 0 atom stereocenters. The van der Waals surface area contributed by atoms with E-state index in [1.54, 1.807) is 0 Å². The quantitative estimate of drug-likeness (QED) is 0.275. The van der Waals surface area contributed by atoms with E-state index in [1.165, 1.54) is 0 Å². The molecule has 1 N–H and O–H groups in total. The number of carbonyl (C=O) groups excluding carboxylic acids is 1. The van der Waals surface area contributed by atoms with E-state index in [9.17, 15) is 57.5 Å². The Bertz CT molecular complexity index is 1190. The van der Waals surface area contributed by atoms with Crippen molar-refractivity contribution in [2.45, 2.75) is 24.7 Å². The number of hydrogen-bond donors (Lipinski definition) is 1. The summed E-state index contributed by atoms with van der Waals surface area (Å²) in [5, 5.41) is 0. The first-order valence-electron chi connectivity index (χ1n) is 9.08. The molecule has 1 aromatic heterocycles. The van der Waals surface area contributed by atoms with Crippen molar-refractivity contribution in [1.29, 1.82) is 0 Å². The van der Waals surface area contributed by atoms with Gasteiger partial charge in [-0.15, -0.1) is 0 Å². The monoisotopic (exact) mass is 519 g/mol. The van der Waals surface area contributed by atoms with Gasteiger partial charge < -0.3 is 4.98 Å². The lowest BCUT2D eigenvalue weighted by molar-refractivity contribution is -0.144. The van der Waals surface area contributed by atoms with E-state index >= 15 is 0 Å². The number of benzene rings is 2. The number of carbonyl (C=O) groups is 1. The first-order chi connectivity index (χ1) is 15.8. The summed E-state index contributed by atoms with van der Waals surface area (Å²) >= 11 is 0. The lowest BCUT2D eigenvalue weighted by atomic mass is 10.0. The Morgan fingerprint density at radius 3 is 1.17 bits per heavy atom. The summed E-state index contributed by atoms with van der Waals surface area (Å²) in [5.41, 5.74) is -10.3. The van der Waals surface area contributed by atoms with E-state index in [1.807, 2.05) is 0 Å². The number of alkyl halides is 12. The molecule has 2 nitrogen and oxygen atoms in total. The zero-order valence-electron chi connectivity index (χ0n) is 16.6. The molecule has 0 bridgehead atoms. The molecule has 0 amide bonds. The second kappa shape index (κ2) is 8.34. The highest BCUT2D eigenvalue weighted by Gasteiger charge is 2.39. The molecule has 14 heteroatoms. The highest BCUT2D eigenvalue weighted by Crippen LogP contribution is 2.41. The van der Waals surface area contributed by atoms with Crippen LogP contribution in [0.3, 0.4) is 0 Å². The second-order valence-electron chi connectivity index (χ2n) is 7.22. The molecule has 3 rings (SSSR count). The Labute approximate surface area is 187 Å². The molecule has 0 unspecified atom stereocenters. The van der Waals surface area contributed by atoms with Gasteiger partial charge in [-0.05, 0) is 53.6 Å². The summed E-state index contributed by atoms with van der Waals surface area (Å²) in [6.45, 7) is 0. The minimum atomic E-state index is -5.24. The van der Waals surface area contributed by atoms with Crippen LogP contribution in [-0.4, -0.2) is 11.3 Å². The van der Waals surface area contributed by atoms with Crippen molar-refractivity contribution in [1.82, 2.24) is 4.98 Å². The number of nitrogens with one attached hydrogen (secondary N) is 1. The normalized spacial score (nSPS) is 13.3. The van der Waals surface area contributed by atoms with Gasteiger partial charge in [0.25, 0.3) is 0 Å². The summed E-state index contributed by atoms with van der Waals surface area (Å²) in [6, 6.07) is 1.44. The van der Waals surface area contributed by atoms with Crippen molar-refractivity contribution in [2.75, 3.05) is 0 Å². The van der Waals surface area contributed by atoms with Gasteiger partial charge >= 0.3 is 24.7 Å². The third-order valence-corrected chi connectivity index (χ3v) is 4.75. The SMILES string of the molecule is O=Cc1cc(-c2cc(C(F)(F)F)cc(C(F)(F)F)c2)[nH]c1-c1cc(C(F)(F)F)cc(C(F)(F)F)c1. The predicted molar refractivity (Wildman–Crippen MR) is 97.1 cm³/mol. The maximum Gasteiger partial charge on any atom is 0.416 e. The summed E-state index contributed by atoms with van der Waals surface area (Å²) in [4.78, 5) is 13.6. The Hall–Kier alpha value is -3.45. The molecule has 35 heavy (non-hydrogen) atoms. The molecule has 2 aromatic carbocycles. The van der Waals surface area contributed by atoms with Gasteiger partial charge in [0.2, 0.25) is 0 Å². The van der Waals surface area contributed by atoms with Crippen LogP contribution in [0.5, 0.6) is 0 Å². The molecule has 3 aromatic rings. The molecule has 0 radical (unpaired) electrons. The molecule has 1 heterocycles. The summed E-state index contributed by atoms with van der Waals surface area (Å²) < 4.78 is 158. The van der Waals surface area contributed by atoms with Crippen LogP contribution in [-0.2, 0) is 24.7 Å². The molecular formula is C21H9F12NO. The van der Waals surface area contributed by atoms with Crippen LogP contribution in [0.4, 0.5) is 52.7 Å².